The van der Waals surface area contributed by atoms with Gasteiger partial charge in [-0.05, 0) is 19.9 Å². The first-order valence-corrected chi connectivity index (χ1v) is 6.95. The van der Waals surface area contributed by atoms with Gasteiger partial charge in [0.1, 0.15) is 5.82 Å². The molecule has 0 aliphatic heterocycles. The molecule has 134 valence electrons. The number of aromatic amines is 1. The van der Waals surface area contributed by atoms with E-state index in [9.17, 15) is 9.59 Å². The summed E-state index contributed by atoms with van der Waals surface area (Å²) in [5.41, 5.74) is 10.4. The number of esters is 1. The second-order valence-electron chi connectivity index (χ2n) is 4.67. The Morgan fingerprint density at radius 2 is 2.04 bits per heavy atom. The van der Waals surface area contributed by atoms with Crippen molar-refractivity contribution in [3.8, 4) is 11.8 Å². The first-order valence-electron chi connectivity index (χ1n) is 6.95. The number of anilines is 2. The topological polar surface area (TPSA) is 179 Å². The van der Waals surface area contributed by atoms with Crippen LogP contribution in [0.2, 0.25) is 0 Å². The van der Waals surface area contributed by atoms with Crippen LogP contribution in [0.5, 0.6) is 11.8 Å². The van der Waals surface area contributed by atoms with Gasteiger partial charge in [0.25, 0.3) is 0 Å². The summed E-state index contributed by atoms with van der Waals surface area (Å²) in [5, 5.41) is 14.5. The predicted molar refractivity (Wildman–Crippen MR) is 87.6 cm³/mol. The van der Waals surface area contributed by atoms with E-state index in [4.69, 9.17) is 26.0 Å². The van der Waals surface area contributed by atoms with Gasteiger partial charge >= 0.3 is 11.9 Å². The average Bonchev–Trinajstić information content (AvgIpc) is 2.91. The van der Waals surface area contributed by atoms with Crippen molar-refractivity contribution in [2.24, 2.45) is 0 Å². The maximum atomic E-state index is 11.1. The Labute approximate surface area is 142 Å². The Kier molecular flexibility index (Phi) is 7.38. The van der Waals surface area contributed by atoms with E-state index in [1.807, 2.05) is 13.8 Å². The van der Waals surface area contributed by atoms with Gasteiger partial charge < -0.3 is 26.0 Å². The Balaban J connectivity index is 0.000000324. The zero-order valence-corrected chi connectivity index (χ0v) is 13.5. The van der Waals surface area contributed by atoms with Crippen LogP contribution in [0.25, 0.3) is 0 Å². The highest BCUT2D eigenvalue weighted by molar-refractivity contribution is 5.91. The first-order chi connectivity index (χ1) is 11.8. The minimum atomic E-state index is -1.23. The normalized spacial score (nSPS) is 10.2. The molecule has 0 saturated carbocycles. The van der Waals surface area contributed by atoms with Gasteiger partial charge in [-0.1, -0.05) is 0 Å². The standard InChI is InChI=1S/C10H12N2O5.C4H6N4/c1-6(2)16-7-5-8(12-11-7)17-10(15)4-3-9(13)14;5-3-1-2-7-4(6)8-3/h3-6H,1-2H3,(H,11,12)(H,13,14);1-2H,(H4,5,6,7,8)/b4-3-;. The van der Waals surface area contributed by atoms with Crippen LogP contribution < -0.4 is 20.9 Å². The van der Waals surface area contributed by atoms with E-state index >= 15 is 0 Å². The molecule has 0 aromatic carbocycles. The van der Waals surface area contributed by atoms with Gasteiger partial charge in [-0.15, -0.1) is 5.10 Å². The summed E-state index contributed by atoms with van der Waals surface area (Å²) < 4.78 is 9.97. The molecule has 2 aromatic heterocycles. The minimum Gasteiger partial charge on any atom is -0.478 e. The Morgan fingerprint density at radius 3 is 2.56 bits per heavy atom. The number of hydrogen-bond donors (Lipinski definition) is 4. The maximum absolute atomic E-state index is 11.1. The van der Waals surface area contributed by atoms with E-state index in [1.165, 1.54) is 12.3 Å². The number of nitrogens with zero attached hydrogens (tertiary/aromatic N) is 3. The Morgan fingerprint density at radius 1 is 1.32 bits per heavy atom. The number of ether oxygens (including phenoxy) is 2. The molecule has 0 fully saturated rings. The Bertz CT molecular complexity index is 726. The van der Waals surface area contributed by atoms with Crippen molar-refractivity contribution in [3.05, 3.63) is 30.5 Å². The van der Waals surface area contributed by atoms with Crippen LogP contribution in [0.15, 0.2) is 30.5 Å². The van der Waals surface area contributed by atoms with Crippen molar-refractivity contribution >= 4 is 23.7 Å². The number of rotatable bonds is 5. The monoisotopic (exact) mass is 350 g/mol. The lowest BCUT2D eigenvalue weighted by Crippen LogP contribution is -2.05. The average molecular weight is 350 g/mol. The van der Waals surface area contributed by atoms with E-state index in [0.29, 0.717) is 17.8 Å². The number of H-pyrrole nitrogens is 1. The van der Waals surface area contributed by atoms with Crippen molar-refractivity contribution in [1.82, 2.24) is 20.2 Å². The summed E-state index contributed by atoms with van der Waals surface area (Å²) in [6.45, 7) is 3.66. The number of carbonyl (C=O) groups is 2. The number of hydrogen-bond acceptors (Lipinski definition) is 9. The highest BCUT2D eigenvalue weighted by Crippen LogP contribution is 2.16. The molecule has 2 aromatic rings. The van der Waals surface area contributed by atoms with Gasteiger partial charge in [0.05, 0.1) is 12.2 Å². The molecule has 2 rings (SSSR count). The molecule has 11 nitrogen and oxygen atoms in total. The van der Waals surface area contributed by atoms with Gasteiger partial charge in [-0.2, -0.15) is 4.98 Å². The van der Waals surface area contributed by atoms with Crippen LogP contribution in [0.4, 0.5) is 11.8 Å². The molecule has 2 heterocycles. The van der Waals surface area contributed by atoms with Crippen molar-refractivity contribution in [1.29, 1.82) is 0 Å². The lowest BCUT2D eigenvalue weighted by atomic mass is 10.5. The number of aliphatic carboxylic acids is 1. The zero-order valence-electron chi connectivity index (χ0n) is 13.5. The smallest absolute Gasteiger partial charge is 0.337 e. The van der Waals surface area contributed by atoms with Gasteiger partial charge in [0.15, 0.2) is 0 Å². The van der Waals surface area contributed by atoms with E-state index in [1.54, 1.807) is 6.07 Å². The third-order valence-electron chi connectivity index (χ3n) is 2.16. The fourth-order valence-corrected chi connectivity index (χ4v) is 1.31. The second kappa shape index (κ2) is 9.50. The van der Waals surface area contributed by atoms with Crippen LogP contribution in [0.1, 0.15) is 13.8 Å². The number of nitrogens with two attached hydrogens (primary N) is 2. The van der Waals surface area contributed by atoms with Crippen molar-refractivity contribution in [2.45, 2.75) is 20.0 Å². The minimum absolute atomic E-state index is 0.0474. The molecule has 11 heteroatoms. The van der Waals surface area contributed by atoms with Gasteiger partial charge in [-0.25, -0.2) is 19.7 Å². The SMILES string of the molecule is CC(C)Oc1cc(OC(=O)/C=C\C(=O)O)[nH]n1.Nc1ccnc(N)n1. The zero-order chi connectivity index (χ0) is 18.8. The molecular weight excluding hydrogens is 332 g/mol. The molecule has 0 aliphatic carbocycles. The van der Waals surface area contributed by atoms with Crippen LogP contribution >= 0.6 is 0 Å². The molecule has 0 unspecified atom stereocenters. The maximum Gasteiger partial charge on any atom is 0.337 e. The summed E-state index contributed by atoms with van der Waals surface area (Å²) in [7, 11) is 0. The lowest BCUT2D eigenvalue weighted by molar-refractivity contribution is -0.133. The van der Waals surface area contributed by atoms with E-state index in [-0.39, 0.29) is 17.9 Å². The molecule has 0 bridgehead atoms. The molecule has 0 aliphatic rings. The summed E-state index contributed by atoms with van der Waals surface area (Å²) in [4.78, 5) is 28.5. The second-order valence-corrected chi connectivity index (χ2v) is 4.67. The fourth-order valence-electron chi connectivity index (χ4n) is 1.31. The molecule has 0 radical (unpaired) electrons. The van der Waals surface area contributed by atoms with Crippen molar-refractivity contribution < 1.29 is 24.2 Å². The number of carbonyl (C=O) groups excluding carboxylic acids is 1. The summed E-state index contributed by atoms with van der Waals surface area (Å²) >= 11 is 0. The molecule has 0 saturated heterocycles. The highest BCUT2D eigenvalue weighted by Gasteiger charge is 2.07. The van der Waals surface area contributed by atoms with Gasteiger partial charge in [-0.3, -0.25) is 0 Å². The lowest BCUT2D eigenvalue weighted by Gasteiger charge is -2.03. The molecule has 0 spiro atoms. The van der Waals surface area contributed by atoms with Crippen LogP contribution in [0.3, 0.4) is 0 Å². The van der Waals surface area contributed by atoms with Crippen molar-refractivity contribution in [2.75, 3.05) is 11.5 Å². The summed E-state index contributed by atoms with van der Waals surface area (Å²) in [6, 6.07) is 2.98. The number of nitrogens with one attached hydrogen (secondary N) is 1. The quantitative estimate of drug-likeness (QED) is 0.435. The number of aromatic nitrogens is 4. The molecule has 0 amide bonds. The Hall–Kier alpha value is -3.63. The third-order valence-corrected chi connectivity index (χ3v) is 2.16. The van der Waals surface area contributed by atoms with E-state index in [2.05, 4.69) is 20.2 Å². The molecular formula is C14H18N6O5. The third kappa shape index (κ3) is 8.54. The number of carboxylic acid groups (broad SMARTS) is 1. The molecule has 0 atom stereocenters. The van der Waals surface area contributed by atoms with Crippen LogP contribution in [-0.2, 0) is 9.59 Å². The van der Waals surface area contributed by atoms with Gasteiger partial charge in [0, 0.05) is 18.3 Å². The van der Waals surface area contributed by atoms with E-state index < -0.39 is 11.9 Å². The summed E-state index contributed by atoms with van der Waals surface area (Å²) in [5.74, 6) is -1.05. The van der Waals surface area contributed by atoms with E-state index in [0.717, 1.165) is 6.08 Å². The number of carboxylic acids is 1. The summed E-state index contributed by atoms with van der Waals surface area (Å²) in [6.07, 6.45) is 2.95. The first kappa shape index (κ1) is 19.4. The predicted octanol–water partition coefficient (Wildman–Crippen LogP) is 0.384. The number of nitrogen functional groups attached to an aromatic ring is 2. The fraction of sp³-hybridized carbons (Fsp3) is 0.214. The van der Waals surface area contributed by atoms with Crippen LogP contribution in [0, 0.1) is 0 Å². The highest BCUT2D eigenvalue weighted by atomic mass is 16.5. The molecule has 25 heavy (non-hydrogen) atoms. The van der Waals surface area contributed by atoms with Crippen molar-refractivity contribution in [3.63, 3.8) is 0 Å². The van der Waals surface area contributed by atoms with Crippen LogP contribution in [-0.4, -0.2) is 43.3 Å². The van der Waals surface area contributed by atoms with Gasteiger partial charge in [0.2, 0.25) is 17.7 Å². The molecule has 6 N–H and O–H groups in total. The largest absolute Gasteiger partial charge is 0.478 e.